The van der Waals surface area contributed by atoms with Gasteiger partial charge in [-0.1, -0.05) is 38.8 Å². The fourth-order valence-electron chi connectivity index (χ4n) is 0.862. The van der Waals surface area contributed by atoms with Crippen molar-refractivity contribution < 1.29 is 0 Å². The molecule has 0 amide bonds. The molecule has 0 nitrogen and oxygen atoms in total. The minimum atomic E-state index is 1.13. The molecule has 59 valence electrons. The Morgan fingerprint density at radius 1 is 1.10 bits per heavy atom. The average Bonchev–Trinajstić information content (AvgIpc) is 1.97. The van der Waals surface area contributed by atoms with Crippen molar-refractivity contribution in [2.24, 2.45) is 0 Å². The van der Waals surface area contributed by atoms with Crippen LogP contribution >= 0.6 is 0 Å². The maximum absolute atomic E-state index is 2.29. The maximum Gasteiger partial charge on any atom is -0.0322 e. The molecule has 0 fully saturated rings. The van der Waals surface area contributed by atoms with E-state index in [9.17, 15) is 0 Å². The Labute approximate surface area is 65.3 Å². The molecule has 0 aromatic rings. The largest absolute Gasteiger partial charge is 0.0885 e. The standard InChI is InChI=1S/C10H19/c1-3-5-7-9-10-8-6-4-2/h3,7,9H,4-6,8,10H2,1-2H3/b9-7+. The molecule has 0 rings (SSSR count). The normalized spacial score (nSPS) is 11.0. The fourth-order valence-corrected chi connectivity index (χ4v) is 0.862. The summed E-state index contributed by atoms with van der Waals surface area (Å²) >= 11 is 0. The van der Waals surface area contributed by atoms with Crippen molar-refractivity contribution in [3.8, 4) is 0 Å². The van der Waals surface area contributed by atoms with Crippen molar-refractivity contribution in [3.63, 3.8) is 0 Å². The number of hydrogen-bond donors (Lipinski definition) is 0. The molecule has 0 aliphatic rings. The van der Waals surface area contributed by atoms with Crippen LogP contribution in [-0.2, 0) is 0 Å². The van der Waals surface area contributed by atoms with Gasteiger partial charge < -0.3 is 0 Å². The zero-order chi connectivity index (χ0) is 7.66. The van der Waals surface area contributed by atoms with Crippen LogP contribution in [0.1, 0.15) is 46.0 Å². The van der Waals surface area contributed by atoms with Gasteiger partial charge in [0.05, 0.1) is 0 Å². The van der Waals surface area contributed by atoms with Crippen molar-refractivity contribution in [1.82, 2.24) is 0 Å². The lowest BCUT2D eigenvalue weighted by atomic mass is 10.2. The summed E-state index contributed by atoms with van der Waals surface area (Å²) in [5.41, 5.74) is 0. The molecule has 0 N–H and O–H groups in total. The molecule has 0 unspecified atom stereocenters. The van der Waals surface area contributed by atoms with Crippen molar-refractivity contribution >= 4 is 0 Å². The Bertz CT molecular complexity index is 72.1. The summed E-state index contributed by atoms with van der Waals surface area (Å²) in [5, 5.41) is 0. The van der Waals surface area contributed by atoms with Crippen LogP contribution < -0.4 is 0 Å². The molecule has 0 atom stereocenters. The van der Waals surface area contributed by atoms with Crippen LogP contribution in [0.25, 0.3) is 0 Å². The monoisotopic (exact) mass is 139 g/mol. The second-order valence-corrected chi connectivity index (χ2v) is 2.61. The molecule has 0 saturated heterocycles. The van der Waals surface area contributed by atoms with E-state index < -0.39 is 0 Å². The second kappa shape index (κ2) is 8.74. The molecule has 0 heteroatoms. The Hall–Kier alpha value is -0.260. The molecule has 0 saturated carbocycles. The van der Waals surface area contributed by atoms with Crippen LogP contribution in [0.2, 0.25) is 0 Å². The zero-order valence-electron chi connectivity index (χ0n) is 7.27. The molecule has 0 aliphatic heterocycles. The van der Waals surface area contributed by atoms with Gasteiger partial charge in [0.2, 0.25) is 0 Å². The predicted octanol–water partition coefficient (Wildman–Crippen LogP) is 3.74. The maximum atomic E-state index is 2.29. The van der Waals surface area contributed by atoms with E-state index in [1.165, 1.54) is 25.7 Å². The van der Waals surface area contributed by atoms with Crippen LogP contribution in [0.15, 0.2) is 12.2 Å². The van der Waals surface area contributed by atoms with Gasteiger partial charge in [-0.3, -0.25) is 0 Å². The van der Waals surface area contributed by atoms with Crippen molar-refractivity contribution in [1.29, 1.82) is 0 Å². The Morgan fingerprint density at radius 2 is 1.90 bits per heavy atom. The van der Waals surface area contributed by atoms with Crippen LogP contribution in [0.4, 0.5) is 0 Å². The van der Waals surface area contributed by atoms with Crippen LogP contribution in [0.5, 0.6) is 0 Å². The molecule has 10 heavy (non-hydrogen) atoms. The lowest BCUT2D eigenvalue weighted by Crippen LogP contribution is -1.70. The molecular weight excluding hydrogens is 120 g/mol. The van der Waals surface area contributed by atoms with Gasteiger partial charge in [-0.15, -0.1) is 0 Å². The Morgan fingerprint density at radius 3 is 2.50 bits per heavy atom. The predicted molar refractivity (Wildman–Crippen MR) is 47.9 cm³/mol. The van der Waals surface area contributed by atoms with E-state index >= 15 is 0 Å². The summed E-state index contributed by atoms with van der Waals surface area (Å²) in [7, 11) is 0. The highest BCUT2D eigenvalue weighted by Crippen LogP contribution is 2.00. The molecule has 0 heterocycles. The summed E-state index contributed by atoms with van der Waals surface area (Å²) in [4.78, 5) is 0. The van der Waals surface area contributed by atoms with E-state index in [4.69, 9.17) is 0 Å². The Balaban J connectivity index is 2.88. The molecular formula is C10H19. The van der Waals surface area contributed by atoms with E-state index in [-0.39, 0.29) is 0 Å². The third kappa shape index (κ3) is 7.74. The number of unbranched alkanes of at least 4 members (excludes halogenated alkanes) is 4. The first-order chi connectivity index (χ1) is 4.91. The average molecular weight is 139 g/mol. The highest BCUT2D eigenvalue weighted by Gasteiger charge is 1.80. The van der Waals surface area contributed by atoms with Gasteiger partial charge in [0.15, 0.2) is 0 Å². The van der Waals surface area contributed by atoms with E-state index in [0.717, 1.165) is 6.42 Å². The van der Waals surface area contributed by atoms with Gasteiger partial charge in [-0.05, 0) is 25.7 Å². The molecule has 1 radical (unpaired) electrons. The van der Waals surface area contributed by atoms with E-state index in [1.54, 1.807) is 0 Å². The van der Waals surface area contributed by atoms with Gasteiger partial charge in [0.25, 0.3) is 0 Å². The van der Waals surface area contributed by atoms with Crippen LogP contribution in [0.3, 0.4) is 0 Å². The smallest absolute Gasteiger partial charge is 0.0322 e. The van der Waals surface area contributed by atoms with Gasteiger partial charge in [-0.25, -0.2) is 0 Å². The highest BCUT2D eigenvalue weighted by molar-refractivity contribution is 4.84. The Kier molecular flexibility index (Phi) is 8.51. The summed E-state index contributed by atoms with van der Waals surface area (Å²) in [6, 6.07) is 0. The summed E-state index contributed by atoms with van der Waals surface area (Å²) in [6.07, 6.45) is 13.2. The first kappa shape index (κ1) is 9.74. The molecule has 0 spiro atoms. The zero-order valence-corrected chi connectivity index (χ0v) is 7.27. The van der Waals surface area contributed by atoms with Crippen LogP contribution in [0, 0.1) is 6.42 Å². The lowest BCUT2D eigenvalue weighted by molar-refractivity contribution is 0.728. The van der Waals surface area contributed by atoms with Crippen molar-refractivity contribution in [2.75, 3.05) is 0 Å². The topological polar surface area (TPSA) is 0 Å². The third-order valence-electron chi connectivity index (χ3n) is 1.51. The van der Waals surface area contributed by atoms with E-state index in [1.807, 2.05) is 0 Å². The van der Waals surface area contributed by atoms with Gasteiger partial charge in [0.1, 0.15) is 0 Å². The second-order valence-electron chi connectivity index (χ2n) is 2.61. The SMILES string of the molecule is C[CH]C/C=C/CCCCC. The highest BCUT2D eigenvalue weighted by atomic mass is 13.9. The van der Waals surface area contributed by atoms with Gasteiger partial charge in [-0.2, -0.15) is 0 Å². The quantitative estimate of drug-likeness (QED) is 0.388. The number of allylic oxidation sites excluding steroid dienone is 2. The lowest BCUT2D eigenvalue weighted by Gasteiger charge is -1.90. The first-order valence-electron chi connectivity index (χ1n) is 4.34. The fraction of sp³-hybridized carbons (Fsp3) is 0.700. The number of hydrogen-bond acceptors (Lipinski definition) is 0. The van der Waals surface area contributed by atoms with Crippen molar-refractivity contribution in [3.05, 3.63) is 18.6 Å². The summed E-state index contributed by atoms with van der Waals surface area (Å²) in [5.74, 6) is 0. The molecule has 0 aromatic carbocycles. The van der Waals surface area contributed by atoms with E-state index in [2.05, 4.69) is 32.4 Å². The number of rotatable bonds is 6. The third-order valence-corrected chi connectivity index (χ3v) is 1.51. The first-order valence-corrected chi connectivity index (χ1v) is 4.34. The minimum absolute atomic E-state index is 1.13. The minimum Gasteiger partial charge on any atom is -0.0885 e. The molecule has 0 bridgehead atoms. The summed E-state index contributed by atoms with van der Waals surface area (Å²) < 4.78 is 0. The van der Waals surface area contributed by atoms with Gasteiger partial charge in [0, 0.05) is 0 Å². The van der Waals surface area contributed by atoms with Crippen LogP contribution in [-0.4, -0.2) is 0 Å². The summed E-state index contributed by atoms with van der Waals surface area (Å²) in [6.45, 7) is 4.33. The molecule has 0 aromatic heterocycles. The van der Waals surface area contributed by atoms with E-state index in [0.29, 0.717) is 0 Å². The van der Waals surface area contributed by atoms with Crippen molar-refractivity contribution in [2.45, 2.75) is 46.0 Å². The molecule has 0 aliphatic carbocycles. The van der Waals surface area contributed by atoms with Gasteiger partial charge >= 0.3 is 0 Å².